The highest BCUT2D eigenvalue weighted by Crippen LogP contribution is 2.50. The second-order valence-corrected chi connectivity index (χ2v) is 3.80. The Morgan fingerprint density at radius 2 is 1.80 bits per heavy atom. The van der Waals surface area contributed by atoms with Crippen LogP contribution in [0.25, 0.3) is 0 Å². The van der Waals surface area contributed by atoms with Crippen molar-refractivity contribution in [2.75, 3.05) is 0 Å². The molecule has 2 rings (SSSR count). The normalized spacial score (nSPS) is 43.7. The molecular weight excluding hydrogens is 122 g/mol. The summed E-state index contributed by atoms with van der Waals surface area (Å²) in [5, 5.41) is 8.47. The summed E-state index contributed by atoms with van der Waals surface area (Å²) in [6, 6.07) is 2.28. The molecule has 10 heavy (non-hydrogen) atoms. The highest BCUT2D eigenvalue weighted by Gasteiger charge is 2.39. The van der Waals surface area contributed by atoms with Gasteiger partial charge in [0, 0.05) is 6.42 Å². The third kappa shape index (κ3) is 0.831. The predicted octanol–water partition coefficient (Wildman–Crippen LogP) is 2.34. The molecule has 0 aromatic rings. The Morgan fingerprint density at radius 3 is 2.20 bits per heavy atom. The monoisotopic (exact) mass is 135 g/mol. The Balaban J connectivity index is 1.88. The van der Waals surface area contributed by atoms with E-state index in [1.807, 2.05) is 0 Å². The van der Waals surface area contributed by atoms with Gasteiger partial charge in [-0.15, -0.1) is 0 Å². The number of fused-ring (bicyclic) bond motifs is 1. The van der Waals surface area contributed by atoms with E-state index in [1.54, 1.807) is 0 Å². The standard InChI is InChI=1S/C9H13N/c10-4-3-7-5-8-1-2-9(8)6-7/h7-9H,1-3,5-6H2/t7?,8-,9+. The van der Waals surface area contributed by atoms with Crippen LogP contribution in [0, 0.1) is 29.1 Å². The molecule has 0 radical (unpaired) electrons. The van der Waals surface area contributed by atoms with Gasteiger partial charge in [0.05, 0.1) is 6.07 Å². The van der Waals surface area contributed by atoms with Crippen LogP contribution in [-0.2, 0) is 0 Å². The van der Waals surface area contributed by atoms with Crippen LogP contribution in [0.5, 0.6) is 0 Å². The maximum Gasteiger partial charge on any atom is 0.0624 e. The largest absolute Gasteiger partial charge is 0.198 e. The molecule has 2 fully saturated rings. The van der Waals surface area contributed by atoms with E-state index in [9.17, 15) is 0 Å². The van der Waals surface area contributed by atoms with Crippen molar-refractivity contribution in [3.63, 3.8) is 0 Å². The van der Waals surface area contributed by atoms with Gasteiger partial charge in [0.25, 0.3) is 0 Å². The molecule has 2 aliphatic rings. The van der Waals surface area contributed by atoms with Crippen molar-refractivity contribution in [1.29, 1.82) is 5.26 Å². The van der Waals surface area contributed by atoms with Crippen molar-refractivity contribution in [2.24, 2.45) is 17.8 Å². The van der Waals surface area contributed by atoms with Crippen LogP contribution in [0.4, 0.5) is 0 Å². The molecule has 1 unspecified atom stereocenters. The molecule has 0 saturated heterocycles. The number of nitriles is 1. The summed E-state index contributed by atoms with van der Waals surface area (Å²) in [5.41, 5.74) is 0. The molecular formula is C9H13N. The smallest absolute Gasteiger partial charge is 0.0624 e. The zero-order valence-corrected chi connectivity index (χ0v) is 6.21. The van der Waals surface area contributed by atoms with Gasteiger partial charge in [-0.05, 0) is 43.4 Å². The van der Waals surface area contributed by atoms with E-state index in [4.69, 9.17) is 5.26 Å². The van der Waals surface area contributed by atoms with Gasteiger partial charge in [0.2, 0.25) is 0 Å². The minimum Gasteiger partial charge on any atom is -0.198 e. The van der Waals surface area contributed by atoms with Crippen LogP contribution < -0.4 is 0 Å². The quantitative estimate of drug-likeness (QED) is 0.541. The fourth-order valence-corrected chi connectivity index (χ4v) is 2.51. The van der Waals surface area contributed by atoms with Crippen molar-refractivity contribution >= 4 is 0 Å². The van der Waals surface area contributed by atoms with E-state index in [0.29, 0.717) is 0 Å². The summed E-state index contributed by atoms with van der Waals surface area (Å²) in [6.45, 7) is 0. The average Bonchev–Trinajstić information content (AvgIpc) is 2.14. The topological polar surface area (TPSA) is 23.8 Å². The molecule has 0 aliphatic heterocycles. The van der Waals surface area contributed by atoms with Crippen molar-refractivity contribution in [3.05, 3.63) is 0 Å². The first kappa shape index (κ1) is 6.22. The van der Waals surface area contributed by atoms with Gasteiger partial charge >= 0.3 is 0 Å². The molecule has 0 heterocycles. The molecule has 0 aromatic carbocycles. The molecule has 1 heteroatoms. The van der Waals surface area contributed by atoms with Crippen LogP contribution in [0.15, 0.2) is 0 Å². The number of rotatable bonds is 1. The second-order valence-electron chi connectivity index (χ2n) is 3.80. The summed E-state index contributed by atoms with van der Waals surface area (Å²) in [4.78, 5) is 0. The van der Waals surface area contributed by atoms with Gasteiger partial charge in [-0.1, -0.05) is 0 Å². The van der Waals surface area contributed by atoms with E-state index >= 15 is 0 Å². The Labute approximate surface area is 62.0 Å². The van der Waals surface area contributed by atoms with Crippen LogP contribution in [0.2, 0.25) is 0 Å². The minimum absolute atomic E-state index is 0.766. The molecule has 0 amide bonds. The molecule has 0 bridgehead atoms. The first-order chi connectivity index (χ1) is 4.90. The highest BCUT2D eigenvalue weighted by atomic mass is 14.4. The summed E-state index contributed by atoms with van der Waals surface area (Å²) >= 11 is 0. The lowest BCUT2D eigenvalue weighted by atomic mass is 9.77. The van der Waals surface area contributed by atoms with Crippen molar-refractivity contribution in [2.45, 2.75) is 32.1 Å². The van der Waals surface area contributed by atoms with E-state index < -0.39 is 0 Å². The highest BCUT2D eigenvalue weighted by molar-refractivity contribution is 4.93. The predicted molar refractivity (Wildman–Crippen MR) is 39.2 cm³/mol. The minimum atomic E-state index is 0.766. The molecule has 0 N–H and O–H groups in total. The fourth-order valence-electron chi connectivity index (χ4n) is 2.51. The summed E-state index contributed by atoms with van der Waals surface area (Å²) in [6.07, 6.45) is 6.43. The Morgan fingerprint density at radius 1 is 1.20 bits per heavy atom. The van der Waals surface area contributed by atoms with Gasteiger partial charge < -0.3 is 0 Å². The number of hydrogen-bond acceptors (Lipinski definition) is 1. The lowest BCUT2D eigenvalue weighted by Gasteiger charge is -2.29. The summed E-state index contributed by atoms with van der Waals surface area (Å²) in [7, 11) is 0. The summed E-state index contributed by atoms with van der Waals surface area (Å²) in [5.74, 6) is 2.82. The zero-order chi connectivity index (χ0) is 6.97. The number of nitrogens with zero attached hydrogens (tertiary/aromatic N) is 1. The Bertz CT molecular complexity index is 156. The van der Waals surface area contributed by atoms with Gasteiger partial charge in [-0.2, -0.15) is 5.26 Å². The van der Waals surface area contributed by atoms with Gasteiger partial charge in [-0.3, -0.25) is 0 Å². The maximum atomic E-state index is 8.47. The Kier molecular flexibility index (Phi) is 1.41. The van der Waals surface area contributed by atoms with Crippen LogP contribution >= 0.6 is 0 Å². The SMILES string of the molecule is N#CCC1C[C@H]2CC[C@H]2C1. The first-order valence-electron chi connectivity index (χ1n) is 4.27. The average molecular weight is 135 g/mol. The van der Waals surface area contributed by atoms with E-state index in [2.05, 4.69) is 6.07 Å². The van der Waals surface area contributed by atoms with Crippen LogP contribution in [-0.4, -0.2) is 0 Å². The molecule has 0 spiro atoms. The van der Waals surface area contributed by atoms with Gasteiger partial charge in [0.15, 0.2) is 0 Å². The lowest BCUT2D eigenvalue weighted by Crippen LogP contribution is -2.18. The third-order valence-electron chi connectivity index (χ3n) is 3.23. The Hall–Kier alpha value is -0.510. The van der Waals surface area contributed by atoms with E-state index in [-0.39, 0.29) is 0 Å². The molecule has 2 saturated carbocycles. The fraction of sp³-hybridized carbons (Fsp3) is 0.889. The zero-order valence-electron chi connectivity index (χ0n) is 6.21. The van der Waals surface area contributed by atoms with Crippen molar-refractivity contribution in [1.82, 2.24) is 0 Å². The lowest BCUT2D eigenvalue weighted by molar-refractivity contribution is 0.219. The molecule has 1 nitrogen and oxygen atoms in total. The van der Waals surface area contributed by atoms with E-state index in [1.165, 1.54) is 25.7 Å². The van der Waals surface area contributed by atoms with Gasteiger partial charge in [-0.25, -0.2) is 0 Å². The third-order valence-corrected chi connectivity index (χ3v) is 3.23. The molecule has 2 aliphatic carbocycles. The van der Waals surface area contributed by atoms with Crippen molar-refractivity contribution < 1.29 is 0 Å². The van der Waals surface area contributed by atoms with E-state index in [0.717, 1.165) is 24.2 Å². The summed E-state index contributed by atoms with van der Waals surface area (Å²) < 4.78 is 0. The maximum absolute atomic E-state index is 8.47. The van der Waals surface area contributed by atoms with Crippen LogP contribution in [0.1, 0.15) is 32.1 Å². The first-order valence-corrected chi connectivity index (χ1v) is 4.27. The molecule has 3 atom stereocenters. The molecule has 0 aromatic heterocycles. The number of hydrogen-bond donors (Lipinski definition) is 0. The van der Waals surface area contributed by atoms with Gasteiger partial charge in [0.1, 0.15) is 0 Å². The van der Waals surface area contributed by atoms with Crippen molar-refractivity contribution in [3.8, 4) is 6.07 Å². The second kappa shape index (κ2) is 2.27. The molecule has 54 valence electrons. The van der Waals surface area contributed by atoms with Crippen LogP contribution in [0.3, 0.4) is 0 Å².